The van der Waals surface area contributed by atoms with E-state index >= 15 is 0 Å². The topological polar surface area (TPSA) is 91.4 Å². The van der Waals surface area contributed by atoms with Crippen molar-refractivity contribution in [2.45, 2.75) is 32.7 Å². The maximum Gasteiger partial charge on any atom is 0.508 e. The average Bonchev–Trinajstić information content (AvgIpc) is 2.64. The van der Waals surface area contributed by atoms with E-state index in [0.29, 0.717) is 5.75 Å². The molecule has 2 rings (SSSR count). The van der Waals surface area contributed by atoms with Crippen LogP contribution in [0.5, 0.6) is 5.75 Å². The van der Waals surface area contributed by atoms with E-state index in [1.807, 2.05) is 12.1 Å². The Labute approximate surface area is 157 Å². The lowest BCUT2D eigenvalue weighted by atomic mass is 9.89. The maximum absolute atomic E-state index is 12.6. The zero-order valence-corrected chi connectivity index (χ0v) is 15.5. The van der Waals surface area contributed by atoms with Crippen molar-refractivity contribution in [2.24, 2.45) is 5.92 Å². The molecule has 27 heavy (non-hydrogen) atoms. The van der Waals surface area contributed by atoms with Crippen LogP contribution in [0.1, 0.15) is 19.4 Å². The van der Waals surface area contributed by atoms with Gasteiger partial charge in [-0.2, -0.15) is 0 Å². The van der Waals surface area contributed by atoms with E-state index in [0.717, 1.165) is 5.56 Å². The van der Waals surface area contributed by atoms with Crippen LogP contribution in [0.2, 0.25) is 0 Å². The van der Waals surface area contributed by atoms with Crippen LogP contribution in [0.4, 0.5) is 4.79 Å². The van der Waals surface area contributed by atoms with Crippen LogP contribution in [0.3, 0.4) is 0 Å². The first kappa shape index (κ1) is 20.3. The summed E-state index contributed by atoms with van der Waals surface area (Å²) in [6, 6.07) is 7.19. The Morgan fingerprint density at radius 3 is 2.52 bits per heavy atom. The zero-order valence-electron chi connectivity index (χ0n) is 15.5. The molecule has 0 bridgehead atoms. The fourth-order valence-electron chi connectivity index (χ4n) is 2.77. The molecule has 1 fully saturated rings. The fraction of sp³-hybridized carbons (Fsp3) is 0.421. The minimum absolute atomic E-state index is 0.00113. The van der Waals surface area contributed by atoms with Gasteiger partial charge in [-0.25, -0.2) is 4.79 Å². The summed E-state index contributed by atoms with van der Waals surface area (Å²) < 4.78 is 20.2. The first-order valence-electron chi connectivity index (χ1n) is 8.42. The number of β-lactam (4-membered cyclic amide) rings is 1. The average molecular weight is 377 g/mol. The van der Waals surface area contributed by atoms with E-state index < -0.39 is 30.4 Å². The van der Waals surface area contributed by atoms with Gasteiger partial charge in [0.05, 0.1) is 7.11 Å². The van der Waals surface area contributed by atoms with Gasteiger partial charge < -0.3 is 23.8 Å². The van der Waals surface area contributed by atoms with Gasteiger partial charge >= 0.3 is 12.1 Å². The number of hydrogen-bond acceptors (Lipinski definition) is 7. The zero-order chi connectivity index (χ0) is 20.0. The largest absolute Gasteiger partial charge is 0.508 e. The molecule has 1 amide bonds. The van der Waals surface area contributed by atoms with Gasteiger partial charge in [0.1, 0.15) is 24.4 Å². The van der Waals surface area contributed by atoms with Crippen LogP contribution in [-0.2, 0) is 30.3 Å². The number of likely N-dealkylation sites (tertiary alicyclic amines) is 1. The van der Waals surface area contributed by atoms with E-state index in [-0.39, 0.29) is 19.1 Å². The van der Waals surface area contributed by atoms with Crippen molar-refractivity contribution >= 4 is 18.0 Å². The predicted octanol–water partition coefficient (Wildman–Crippen LogP) is 2.27. The standard InChI is InChI=1S/C19H23NO7/c1-5-10-25-19(23)26-12(2)16-17(22)20(18(16)27-13(3)21)11-14-6-8-15(24-4)9-7-14/h5-9,12,16,18H,1,10-11H2,2-4H3/t12-,16-,18+/m1/s1. The molecule has 0 aromatic heterocycles. The number of rotatable bonds is 8. The minimum Gasteiger partial charge on any atom is -0.497 e. The lowest BCUT2D eigenvalue weighted by Crippen LogP contribution is -2.65. The van der Waals surface area contributed by atoms with Crippen LogP contribution in [0, 0.1) is 5.92 Å². The number of esters is 1. The molecular formula is C19H23NO7. The molecule has 0 aliphatic carbocycles. The second kappa shape index (κ2) is 9.07. The minimum atomic E-state index is -0.912. The van der Waals surface area contributed by atoms with E-state index in [1.165, 1.54) is 17.9 Å². The van der Waals surface area contributed by atoms with Crippen LogP contribution >= 0.6 is 0 Å². The summed E-state index contributed by atoms with van der Waals surface area (Å²) in [6.07, 6.45) is -1.14. The molecule has 146 valence electrons. The Bertz CT molecular complexity index is 701. The van der Waals surface area contributed by atoms with Crippen molar-refractivity contribution in [1.29, 1.82) is 0 Å². The molecule has 1 heterocycles. The highest BCUT2D eigenvalue weighted by molar-refractivity contribution is 5.87. The number of hydrogen-bond donors (Lipinski definition) is 0. The first-order valence-corrected chi connectivity index (χ1v) is 8.42. The highest BCUT2D eigenvalue weighted by atomic mass is 16.7. The summed E-state index contributed by atoms with van der Waals surface area (Å²) in [5.41, 5.74) is 0.846. The van der Waals surface area contributed by atoms with Gasteiger partial charge in [0.25, 0.3) is 0 Å². The summed E-state index contributed by atoms with van der Waals surface area (Å²) in [6.45, 7) is 6.50. The number of methoxy groups -OCH3 is 1. The van der Waals surface area contributed by atoms with E-state index in [4.69, 9.17) is 18.9 Å². The Kier molecular flexibility index (Phi) is 6.81. The SMILES string of the molecule is C=CCOC(=O)O[C@H](C)[C@@H]1C(=O)N(Cc2ccc(OC)cc2)[C@H]1OC(C)=O. The fourth-order valence-corrected chi connectivity index (χ4v) is 2.77. The van der Waals surface area contributed by atoms with Crippen LogP contribution < -0.4 is 4.74 Å². The molecule has 8 nitrogen and oxygen atoms in total. The second-order valence-corrected chi connectivity index (χ2v) is 6.01. The van der Waals surface area contributed by atoms with Crippen molar-refractivity contribution in [3.63, 3.8) is 0 Å². The lowest BCUT2D eigenvalue weighted by Gasteiger charge is -2.47. The molecule has 8 heteroatoms. The number of ether oxygens (including phenoxy) is 4. The predicted molar refractivity (Wildman–Crippen MR) is 94.7 cm³/mol. The van der Waals surface area contributed by atoms with Gasteiger partial charge in [-0.05, 0) is 24.6 Å². The molecule has 3 atom stereocenters. The summed E-state index contributed by atoms with van der Waals surface area (Å²) >= 11 is 0. The van der Waals surface area contributed by atoms with Gasteiger partial charge in [-0.3, -0.25) is 9.59 Å². The summed E-state index contributed by atoms with van der Waals surface area (Å²) in [4.78, 5) is 37.0. The molecule has 0 spiro atoms. The van der Waals surface area contributed by atoms with Gasteiger partial charge in [-0.15, -0.1) is 0 Å². The Morgan fingerprint density at radius 2 is 1.96 bits per heavy atom. The molecule has 1 saturated heterocycles. The summed E-state index contributed by atoms with van der Waals surface area (Å²) in [7, 11) is 1.57. The number of carbonyl (C=O) groups excluding carboxylic acids is 3. The van der Waals surface area contributed by atoms with E-state index in [2.05, 4.69) is 6.58 Å². The smallest absolute Gasteiger partial charge is 0.497 e. The Hall–Kier alpha value is -3.03. The molecule has 0 unspecified atom stereocenters. The van der Waals surface area contributed by atoms with E-state index in [9.17, 15) is 14.4 Å². The highest BCUT2D eigenvalue weighted by Crippen LogP contribution is 2.34. The van der Waals surface area contributed by atoms with Crippen LogP contribution in [0.25, 0.3) is 0 Å². The molecule has 1 aliphatic rings. The molecule has 1 aromatic rings. The van der Waals surface area contributed by atoms with Crippen molar-refractivity contribution in [1.82, 2.24) is 4.90 Å². The van der Waals surface area contributed by atoms with Crippen molar-refractivity contribution in [2.75, 3.05) is 13.7 Å². The van der Waals surface area contributed by atoms with Gasteiger partial charge in [-0.1, -0.05) is 24.8 Å². The number of benzene rings is 1. The van der Waals surface area contributed by atoms with Crippen LogP contribution in [0.15, 0.2) is 36.9 Å². The molecule has 1 aliphatic heterocycles. The lowest BCUT2D eigenvalue weighted by molar-refractivity contribution is -0.209. The molecule has 1 aromatic carbocycles. The second-order valence-electron chi connectivity index (χ2n) is 6.01. The van der Waals surface area contributed by atoms with Gasteiger partial charge in [0, 0.05) is 13.5 Å². The Morgan fingerprint density at radius 1 is 1.30 bits per heavy atom. The normalized spacial score (nSPS) is 19.5. The van der Waals surface area contributed by atoms with Crippen molar-refractivity contribution < 1.29 is 33.3 Å². The first-order chi connectivity index (χ1) is 12.9. The Balaban J connectivity index is 2.05. The van der Waals surface area contributed by atoms with E-state index in [1.54, 1.807) is 26.2 Å². The highest BCUT2D eigenvalue weighted by Gasteiger charge is 2.53. The number of amides is 1. The molecule has 0 radical (unpaired) electrons. The van der Waals surface area contributed by atoms with Gasteiger partial charge in [0.15, 0.2) is 6.23 Å². The van der Waals surface area contributed by atoms with Crippen molar-refractivity contribution in [3.05, 3.63) is 42.5 Å². The maximum atomic E-state index is 12.6. The number of carbonyl (C=O) groups is 3. The van der Waals surface area contributed by atoms with Crippen molar-refractivity contribution in [3.8, 4) is 5.75 Å². The summed E-state index contributed by atoms with van der Waals surface area (Å²) in [5.74, 6) is -0.897. The molecular weight excluding hydrogens is 354 g/mol. The summed E-state index contributed by atoms with van der Waals surface area (Å²) in [5, 5.41) is 0. The van der Waals surface area contributed by atoms with Gasteiger partial charge in [0.2, 0.25) is 5.91 Å². The third kappa shape index (κ3) is 4.99. The number of nitrogens with zero attached hydrogens (tertiary/aromatic N) is 1. The monoisotopic (exact) mass is 377 g/mol. The third-order valence-electron chi connectivity index (χ3n) is 4.09. The molecule has 0 saturated carbocycles. The quantitative estimate of drug-likeness (QED) is 0.390. The van der Waals surface area contributed by atoms with Crippen LogP contribution in [-0.4, -0.2) is 49.0 Å². The molecule has 0 N–H and O–H groups in total. The third-order valence-corrected chi connectivity index (χ3v) is 4.09.